The molecule has 0 unspecified atom stereocenters. The van der Waals surface area contributed by atoms with Crippen LogP contribution in [0, 0.1) is 0 Å². The van der Waals surface area contributed by atoms with Crippen molar-refractivity contribution in [3.05, 3.63) is 247 Å². The van der Waals surface area contributed by atoms with Crippen LogP contribution in [0.2, 0.25) is 0 Å². The summed E-state index contributed by atoms with van der Waals surface area (Å²) < 4.78 is 0. The van der Waals surface area contributed by atoms with Gasteiger partial charge in [0.15, 0.2) is 0 Å². The number of nitrogens with zero attached hydrogens (tertiary/aromatic N) is 1. The number of rotatable bonds is 6. The number of para-hydroxylation sites is 3. The van der Waals surface area contributed by atoms with Gasteiger partial charge in [0, 0.05) is 22.6 Å². The molecule has 2 heteroatoms. The molecule has 1 spiro atoms. The van der Waals surface area contributed by atoms with E-state index >= 15 is 0 Å². The number of nitrogens with one attached hydrogen (secondary N) is 1. The highest BCUT2D eigenvalue weighted by molar-refractivity contribution is 5.99. The minimum atomic E-state index is -0.494. The molecule has 0 atom stereocenters. The molecule has 0 amide bonds. The average molecular weight is 727 g/mol. The zero-order chi connectivity index (χ0) is 37.8. The molecule has 1 aliphatic heterocycles. The topological polar surface area (TPSA) is 15.3 Å². The minimum absolute atomic E-state index is 0.494. The Labute approximate surface area is 334 Å². The predicted molar refractivity (Wildman–Crippen MR) is 238 cm³/mol. The molecule has 1 heterocycles. The van der Waals surface area contributed by atoms with Gasteiger partial charge in [0.1, 0.15) is 0 Å². The molecule has 2 aliphatic rings. The first-order chi connectivity index (χ1) is 28.3. The van der Waals surface area contributed by atoms with Crippen LogP contribution in [-0.4, -0.2) is 0 Å². The van der Waals surface area contributed by atoms with Crippen molar-refractivity contribution in [1.82, 2.24) is 0 Å². The maximum atomic E-state index is 3.89. The molecule has 1 N–H and O–H groups in total. The Hall–Kier alpha value is -7.42. The summed E-state index contributed by atoms with van der Waals surface area (Å²) in [4.78, 5) is 2.43. The fraction of sp³-hybridized carbons (Fsp3) is 0.0182. The van der Waals surface area contributed by atoms with E-state index in [2.05, 4.69) is 235 Å². The molecule has 0 saturated carbocycles. The van der Waals surface area contributed by atoms with Crippen molar-refractivity contribution < 1.29 is 0 Å². The highest BCUT2D eigenvalue weighted by Gasteiger charge is 2.52. The Balaban J connectivity index is 1.02. The van der Waals surface area contributed by atoms with Crippen LogP contribution < -0.4 is 10.2 Å². The van der Waals surface area contributed by atoms with Crippen molar-refractivity contribution in [2.75, 3.05) is 10.2 Å². The molecular formula is C55H38N2. The van der Waals surface area contributed by atoms with Gasteiger partial charge in [0.25, 0.3) is 0 Å². The summed E-state index contributed by atoms with van der Waals surface area (Å²) in [6.07, 6.45) is 0. The lowest BCUT2D eigenvalue weighted by molar-refractivity contribution is 0.753. The summed E-state index contributed by atoms with van der Waals surface area (Å²) >= 11 is 0. The fourth-order valence-corrected chi connectivity index (χ4v) is 9.40. The molecule has 11 rings (SSSR count). The van der Waals surface area contributed by atoms with Crippen LogP contribution in [-0.2, 0) is 5.41 Å². The van der Waals surface area contributed by atoms with E-state index in [9.17, 15) is 0 Å². The molecular weight excluding hydrogens is 689 g/mol. The second kappa shape index (κ2) is 13.4. The standard InChI is InChI=1S/C55H38N2/c1-4-17-38(18-5-1)41-35-42(39-19-6-2-7-20-39)37-43(36-41)40-31-33-44(34-32-40)56-51-28-16-27-50-54(51)46-23-10-11-24-47(46)55(50)48-25-12-14-29-52(48)57(45-21-8-3-9-22-45)53-30-15-13-26-49(53)55/h1-37,56H. The molecule has 0 fully saturated rings. The van der Waals surface area contributed by atoms with Gasteiger partial charge in [-0.2, -0.15) is 0 Å². The smallest absolute Gasteiger partial charge is 0.0755 e. The van der Waals surface area contributed by atoms with E-state index in [4.69, 9.17) is 0 Å². The van der Waals surface area contributed by atoms with Crippen molar-refractivity contribution in [1.29, 1.82) is 0 Å². The Morgan fingerprint density at radius 2 is 0.789 bits per heavy atom. The van der Waals surface area contributed by atoms with Gasteiger partial charge in [-0.3, -0.25) is 0 Å². The maximum Gasteiger partial charge on any atom is 0.0755 e. The van der Waals surface area contributed by atoms with Crippen molar-refractivity contribution in [2.24, 2.45) is 0 Å². The molecule has 0 saturated heterocycles. The third-order valence-corrected chi connectivity index (χ3v) is 11.8. The first-order valence-electron chi connectivity index (χ1n) is 19.7. The Kier molecular flexibility index (Phi) is 7.75. The number of benzene rings is 9. The van der Waals surface area contributed by atoms with Gasteiger partial charge in [0.2, 0.25) is 0 Å². The molecule has 0 bridgehead atoms. The van der Waals surface area contributed by atoms with Gasteiger partial charge in [-0.05, 0) is 122 Å². The molecule has 9 aromatic rings. The third kappa shape index (κ3) is 5.26. The van der Waals surface area contributed by atoms with Crippen LogP contribution in [0.25, 0.3) is 44.5 Å². The van der Waals surface area contributed by atoms with Gasteiger partial charge >= 0.3 is 0 Å². The van der Waals surface area contributed by atoms with Crippen LogP contribution in [0.15, 0.2) is 224 Å². The van der Waals surface area contributed by atoms with E-state index in [1.54, 1.807) is 0 Å². The van der Waals surface area contributed by atoms with Gasteiger partial charge in [-0.1, -0.05) is 164 Å². The Morgan fingerprint density at radius 3 is 1.37 bits per heavy atom. The zero-order valence-corrected chi connectivity index (χ0v) is 31.3. The highest BCUT2D eigenvalue weighted by atomic mass is 15.2. The number of anilines is 5. The van der Waals surface area contributed by atoms with Crippen molar-refractivity contribution in [2.45, 2.75) is 5.41 Å². The third-order valence-electron chi connectivity index (χ3n) is 11.8. The quantitative estimate of drug-likeness (QED) is 0.184. The van der Waals surface area contributed by atoms with Gasteiger partial charge in [-0.15, -0.1) is 0 Å². The van der Waals surface area contributed by atoms with Gasteiger partial charge < -0.3 is 10.2 Å². The Bertz CT molecular complexity index is 2810. The summed E-state index contributed by atoms with van der Waals surface area (Å²) in [6.45, 7) is 0. The van der Waals surface area contributed by atoms with Crippen molar-refractivity contribution >= 4 is 28.4 Å². The largest absolute Gasteiger partial charge is 0.355 e. The lowest BCUT2D eigenvalue weighted by Crippen LogP contribution is -2.36. The summed E-state index contributed by atoms with van der Waals surface area (Å²) in [6, 6.07) is 81.7. The highest BCUT2D eigenvalue weighted by Crippen LogP contribution is 2.64. The van der Waals surface area contributed by atoms with E-state index in [1.807, 2.05) is 0 Å². The first-order valence-corrected chi connectivity index (χ1v) is 19.7. The number of fused-ring (bicyclic) bond motifs is 9. The summed E-state index contributed by atoms with van der Waals surface area (Å²) in [7, 11) is 0. The zero-order valence-electron chi connectivity index (χ0n) is 31.3. The van der Waals surface area contributed by atoms with Gasteiger partial charge in [-0.25, -0.2) is 0 Å². The summed E-state index contributed by atoms with van der Waals surface area (Å²) in [5.74, 6) is 0. The average Bonchev–Trinajstić information content (AvgIpc) is 3.59. The molecule has 57 heavy (non-hydrogen) atoms. The minimum Gasteiger partial charge on any atom is -0.355 e. The van der Waals surface area contributed by atoms with Crippen molar-refractivity contribution in [3.63, 3.8) is 0 Å². The maximum absolute atomic E-state index is 3.89. The van der Waals surface area contributed by atoms with E-state index < -0.39 is 5.41 Å². The number of hydrogen-bond acceptors (Lipinski definition) is 2. The van der Waals surface area contributed by atoms with Crippen LogP contribution in [0.1, 0.15) is 22.3 Å². The van der Waals surface area contributed by atoms with Gasteiger partial charge in [0.05, 0.1) is 16.8 Å². The first kappa shape index (κ1) is 33.0. The molecule has 1 aliphatic carbocycles. The normalized spacial score (nSPS) is 13.0. The Morgan fingerprint density at radius 1 is 0.333 bits per heavy atom. The SMILES string of the molecule is c1ccc(-c2cc(-c3ccccc3)cc(-c3ccc(Nc4cccc5c4-c4ccccc4C54c5ccccc5N(c5ccccc5)c5ccccc54)cc3)c2)cc1. The van der Waals surface area contributed by atoms with Crippen LogP contribution in [0.3, 0.4) is 0 Å². The van der Waals surface area contributed by atoms with E-state index in [1.165, 1.54) is 78.1 Å². The van der Waals surface area contributed by atoms with E-state index in [0.29, 0.717) is 0 Å². The lowest BCUT2D eigenvalue weighted by Gasteiger charge is -2.45. The van der Waals surface area contributed by atoms with Crippen LogP contribution in [0.4, 0.5) is 28.4 Å². The lowest BCUT2D eigenvalue weighted by atomic mass is 9.64. The molecule has 0 aromatic heterocycles. The van der Waals surface area contributed by atoms with Crippen LogP contribution >= 0.6 is 0 Å². The van der Waals surface area contributed by atoms with Crippen molar-refractivity contribution in [3.8, 4) is 44.5 Å². The number of hydrogen-bond donors (Lipinski definition) is 1. The van der Waals surface area contributed by atoms with Crippen LogP contribution in [0.5, 0.6) is 0 Å². The molecule has 0 radical (unpaired) electrons. The molecule has 268 valence electrons. The molecule has 9 aromatic carbocycles. The predicted octanol–water partition coefficient (Wildman–Crippen LogP) is 14.6. The molecule has 2 nitrogen and oxygen atoms in total. The summed E-state index contributed by atoms with van der Waals surface area (Å²) in [5, 5.41) is 3.89. The second-order valence-corrected chi connectivity index (χ2v) is 15.0. The van der Waals surface area contributed by atoms with E-state index in [-0.39, 0.29) is 0 Å². The van der Waals surface area contributed by atoms with E-state index in [0.717, 1.165) is 17.1 Å². The summed E-state index contributed by atoms with van der Waals surface area (Å²) in [5.41, 5.74) is 20.1. The second-order valence-electron chi connectivity index (χ2n) is 15.0. The fourth-order valence-electron chi connectivity index (χ4n) is 9.40. The monoisotopic (exact) mass is 726 g/mol.